The lowest BCUT2D eigenvalue weighted by molar-refractivity contribution is -0.118. The maximum absolute atomic E-state index is 12.6. The Labute approximate surface area is 131 Å². The minimum absolute atomic E-state index is 0.123. The van der Waals surface area contributed by atoms with Gasteiger partial charge in [0.15, 0.2) is 0 Å². The normalized spacial score (nSPS) is 11.0. The molecular formula is C16H15N3O2S. The summed E-state index contributed by atoms with van der Waals surface area (Å²) in [6, 6.07) is 11.8. The van der Waals surface area contributed by atoms with Crippen LogP contribution < -0.4 is 11.3 Å². The fourth-order valence-corrected chi connectivity index (χ4v) is 3.42. The lowest BCUT2D eigenvalue weighted by Gasteiger charge is -2.07. The summed E-state index contributed by atoms with van der Waals surface area (Å²) < 4.78 is 1.51. The summed E-state index contributed by atoms with van der Waals surface area (Å²) >= 11 is 1.50. The molecule has 5 nitrogen and oxygen atoms in total. The number of nitrogens with two attached hydrogens (primary N) is 1. The molecule has 0 aliphatic rings. The third-order valence-electron chi connectivity index (χ3n) is 3.48. The number of fused-ring (bicyclic) bond motifs is 1. The number of nitrogens with zero attached hydrogens (tertiary/aromatic N) is 2. The molecule has 0 spiro atoms. The summed E-state index contributed by atoms with van der Waals surface area (Å²) in [7, 11) is 0. The van der Waals surface area contributed by atoms with Gasteiger partial charge in [0.05, 0.1) is 5.39 Å². The molecule has 0 saturated heterocycles. The Kier molecular flexibility index (Phi) is 3.77. The molecule has 2 N–H and O–H groups in total. The maximum Gasteiger partial charge on any atom is 0.262 e. The summed E-state index contributed by atoms with van der Waals surface area (Å²) in [5, 5.41) is 0.582. The number of carbonyl (C=O) groups is 1. The number of primary amides is 1. The highest BCUT2D eigenvalue weighted by molar-refractivity contribution is 7.21. The molecule has 3 rings (SSSR count). The van der Waals surface area contributed by atoms with Gasteiger partial charge in [0.1, 0.15) is 10.7 Å². The first-order valence-corrected chi connectivity index (χ1v) is 7.72. The molecule has 1 amide bonds. The SMILES string of the molecule is Cc1nc2sc(-c3ccccc3)cc2c(=O)n1CCC(N)=O. The van der Waals surface area contributed by atoms with Crippen LogP contribution in [0, 0.1) is 6.92 Å². The molecule has 112 valence electrons. The van der Waals surface area contributed by atoms with Crippen LogP contribution in [0.25, 0.3) is 20.7 Å². The third kappa shape index (κ3) is 2.65. The summed E-state index contributed by atoms with van der Waals surface area (Å²) in [6.45, 7) is 2.03. The minimum Gasteiger partial charge on any atom is -0.370 e. The van der Waals surface area contributed by atoms with E-state index in [1.54, 1.807) is 6.92 Å². The maximum atomic E-state index is 12.6. The number of aryl methyl sites for hydroxylation is 1. The van der Waals surface area contributed by atoms with Gasteiger partial charge in [-0.15, -0.1) is 11.3 Å². The Morgan fingerprint density at radius 1 is 1.32 bits per heavy atom. The van der Waals surface area contributed by atoms with Crippen molar-refractivity contribution in [3.05, 3.63) is 52.6 Å². The molecule has 0 aliphatic heterocycles. The standard InChI is InChI=1S/C16H15N3O2S/c1-10-18-15-12(16(21)19(10)8-7-14(17)20)9-13(22-15)11-5-3-2-4-6-11/h2-6,9H,7-8H2,1H3,(H2,17,20). The van der Waals surface area contributed by atoms with Crippen LogP contribution in [0.3, 0.4) is 0 Å². The van der Waals surface area contributed by atoms with E-state index in [1.165, 1.54) is 15.9 Å². The first-order chi connectivity index (χ1) is 10.6. The van der Waals surface area contributed by atoms with Crippen molar-refractivity contribution in [2.75, 3.05) is 0 Å². The van der Waals surface area contributed by atoms with Gasteiger partial charge in [-0.25, -0.2) is 4.98 Å². The molecule has 0 bridgehead atoms. The fraction of sp³-hybridized carbons (Fsp3) is 0.188. The van der Waals surface area contributed by atoms with Crippen molar-refractivity contribution >= 4 is 27.5 Å². The molecular weight excluding hydrogens is 298 g/mol. The van der Waals surface area contributed by atoms with Gasteiger partial charge in [0.2, 0.25) is 5.91 Å². The van der Waals surface area contributed by atoms with E-state index in [0.29, 0.717) is 11.2 Å². The van der Waals surface area contributed by atoms with Crippen LogP contribution in [-0.4, -0.2) is 15.5 Å². The molecule has 22 heavy (non-hydrogen) atoms. The van der Waals surface area contributed by atoms with Crippen molar-refractivity contribution in [1.29, 1.82) is 0 Å². The number of carbonyl (C=O) groups excluding carboxylic acids is 1. The van der Waals surface area contributed by atoms with Crippen molar-refractivity contribution in [2.45, 2.75) is 19.9 Å². The van der Waals surface area contributed by atoms with Gasteiger partial charge < -0.3 is 5.73 Å². The summed E-state index contributed by atoms with van der Waals surface area (Å²) in [5.74, 6) is 0.168. The smallest absolute Gasteiger partial charge is 0.262 e. The lowest BCUT2D eigenvalue weighted by atomic mass is 10.2. The predicted molar refractivity (Wildman–Crippen MR) is 87.9 cm³/mol. The van der Waals surface area contributed by atoms with Crippen molar-refractivity contribution in [3.63, 3.8) is 0 Å². The Morgan fingerprint density at radius 3 is 2.73 bits per heavy atom. The van der Waals surface area contributed by atoms with E-state index < -0.39 is 5.91 Å². The van der Waals surface area contributed by atoms with Gasteiger partial charge in [-0.1, -0.05) is 30.3 Å². The largest absolute Gasteiger partial charge is 0.370 e. The molecule has 0 atom stereocenters. The van der Waals surface area contributed by atoms with Gasteiger partial charge >= 0.3 is 0 Å². The number of benzene rings is 1. The Hall–Kier alpha value is -2.47. The quantitative estimate of drug-likeness (QED) is 0.803. The first kappa shape index (κ1) is 14.5. The Morgan fingerprint density at radius 2 is 2.05 bits per heavy atom. The number of amides is 1. The van der Waals surface area contributed by atoms with Crippen LogP contribution in [0.15, 0.2) is 41.2 Å². The number of thiophene rings is 1. The molecule has 2 heterocycles. The lowest BCUT2D eigenvalue weighted by Crippen LogP contribution is -2.26. The third-order valence-corrected chi connectivity index (χ3v) is 4.56. The summed E-state index contributed by atoms with van der Waals surface area (Å²) in [4.78, 5) is 29.7. The second-order valence-corrected chi connectivity index (χ2v) is 6.06. The molecule has 0 saturated carbocycles. The fourth-order valence-electron chi connectivity index (χ4n) is 2.35. The number of hydrogen-bond donors (Lipinski definition) is 1. The molecule has 1 aromatic carbocycles. The number of hydrogen-bond acceptors (Lipinski definition) is 4. The molecule has 3 aromatic rings. The van der Waals surface area contributed by atoms with Crippen molar-refractivity contribution in [1.82, 2.24) is 9.55 Å². The average Bonchev–Trinajstić information content (AvgIpc) is 2.92. The molecule has 2 aromatic heterocycles. The zero-order valence-electron chi connectivity index (χ0n) is 12.1. The topological polar surface area (TPSA) is 78.0 Å². The minimum atomic E-state index is -0.429. The molecule has 6 heteroatoms. The van der Waals surface area contributed by atoms with E-state index in [9.17, 15) is 9.59 Å². The van der Waals surface area contributed by atoms with E-state index in [2.05, 4.69) is 4.98 Å². The highest BCUT2D eigenvalue weighted by atomic mass is 32.1. The van der Waals surface area contributed by atoms with Crippen LogP contribution >= 0.6 is 11.3 Å². The molecule has 0 radical (unpaired) electrons. The highest BCUT2D eigenvalue weighted by Gasteiger charge is 2.13. The van der Waals surface area contributed by atoms with E-state index in [0.717, 1.165) is 15.3 Å². The van der Waals surface area contributed by atoms with Gasteiger partial charge in [-0.05, 0) is 18.6 Å². The van der Waals surface area contributed by atoms with E-state index >= 15 is 0 Å². The van der Waals surface area contributed by atoms with Gasteiger partial charge in [0.25, 0.3) is 5.56 Å². The second-order valence-electron chi connectivity index (χ2n) is 5.03. The van der Waals surface area contributed by atoms with Crippen LogP contribution in [-0.2, 0) is 11.3 Å². The van der Waals surface area contributed by atoms with Gasteiger partial charge in [0, 0.05) is 17.8 Å². The first-order valence-electron chi connectivity index (χ1n) is 6.91. The monoisotopic (exact) mass is 313 g/mol. The molecule has 0 aliphatic carbocycles. The summed E-state index contributed by atoms with van der Waals surface area (Å²) in [5.41, 5.74) is 6.10. The van der Waals surface area contributed by atoms with Crippen molar-refractivity contribution < 1.29 is 4.79 Å². The van der Waals surface area contributed by atoms with Gasteiger partial charge in [-0.2, -0.15) is 0 Å². The van der Waals surface area contributed by atoms with E-state index in [1.807, 2.05) is 36.4 Å². The zero-order valence-corrected chi connectivity index (χ0v) is 12.9. The van der Waals surface area contributed by atoms with Crippen molar-refractivity contribution in [3.8, 4) is 10.4 Å². The number of rotatable bonds is 4. The summed E-state index contributed by atoms with van der Waals surface area (Å²) in [6.07, 6.45) is 0.129. The van der Waals surface area contributed by atoms with Crippen LogP contribution in [0.2, 0.25) is 0 Å². The van der Waals surface area contributed by atoms with Crippen LogP contribution in [0.4, 0.5) is 0 Å². The molecule has 0 unspecified atom stereocenters. The van der Waals surface area contributed by atoms with Crippen LogP contribution in [0.1, 0.15) is 12.2 Å². The van der Waals surface area contributed by atoms with Crippen LogP contribution in [0.5, 0.6) is 0 Å². The van der Waals surface area contributed by atoms with E-state index in [4.69, 9.17) is 5.73 Å². The Balaban J connectivity index is 2.11. The van der Waals surface area contributed by atoms with E-state index in [-0.39, 0.29) is 18.5 Å². The second kappa shape index (κ2) is 5.73. The highest BCUT2D eigenvalue weighted by Crippen LogP contribution is 2.30. The number of aromatic nitrogens is 2. The average molecular weight is 313 g/mol. The van der Waals surface area contributed by atoms with Gasteiger partial charge in [-0.3, -0.25) is 14.2 Å². The van der Waals surface area contributed by atoms with Crippen molar-refractivity contribution in [2.24, 2.45) is 5.73 Å². The zero-order chi connectivity index (χ0) is 15.7. The Bertz CT molecular complexity index is 897. The molecule has 0 fully saturated rings. The predicted octanol–water partition coefficient (Wildman–Crippen LogP) is 2.31.